The van der Waals surface area contributed by atoms with Crippen molar-refractivity contribution in [3.63, 3.8) is 0 Å². The molecule has 1 aliphatic carbocycles. The average molecular weight is 358 g/mol. The van der Waals surface area contributed by atoms with Gasteiger partial charge in [-0.1, -0.05) is 30.3 Å². The molecule has 5 aromatic rings. The monoisotopic (exact) mass is 358 g/mol. The molecule has 0 spiro atoms. The molecule has 0 N–H and O–H groups in total. The van der Waals surface area contributed by atoms with Gasteiger partial charge >= 0.3 is 0 Å². The Hall–Kier alpha value is -3.78. The number of benzene rings is 5. The molecule has 5 aromatic carbocycles. The van der Waals surface area contributed by atoms with Gasteiger partial charge in [0.2, 0.25) is 11.6 Å². The van der Waals surface area contributed by atoms with Crippen LogP contribution in [0.15, 0.2) is 78.9 Å². The molecule has 0 aromatic heterocycles. The number of hydrogen-bond acceptors (Lipinski definition) is 2. The van der Waals surface area contributed by atoms with E-state index in [-0.39, 0.29) is 0 Å². The number of carbonyl (C=O) groups excluding carboxylic acids is 2. The Morgan fingerprint density at radius 2 is 0.929 bits per heavy atom. The summed E-state index contributed by atoms with van der Waals surface area (Å²) in [6, 6.07) is 25.4. The van der Waals surface area contributed by atoms with Crippen molar-refractivity contribution in [2.45, 2.75) is 0 Å². The standard InChI is InChI=1S/C26H14O2/c27-25-6-5-17-9-20-12-21-10-18-7-15-3-1-2-4-16(15)8-19(18)11-22(21)13-23(20)14-24(17)26(25)28/h1-14H. The van der Waals surface area contributed by atoms with Gasteiger partial charge in [-0.15, -0.1) is 0 Å². The van der Waals surface area contributed by atoms with E-state index in [1.165, 1.54) is 27.6 Å². The van der Waals surface area contributed by atoms with Crippen LogP contribution >= 0.6 is 0 Å². The van der Waals surface area contributed by atoms with E-state index in [1.807, 2.05) is 12.1 Å². The number of rotatable bonds is 0. The third-order valence-corrected chi connectivity index (χ3v) is 5.67. The summed E-state index contributed by atoms with van der Waals surface area (Å²) in [5.74, 6) is -0.880. The van der Waals surface area contributed by atoms with Crippen molar-refractivity contribution in [2.24, 2.45) is 0 Å². The van der Waals surface area contributed by atoms with E-state index >= 15 is 0 Å². The highest BCUT2D eigenvalue weighted by molar-refractivity contribution is 6.50. The third kappa shape index (κ3) is 2.15. The fraction of sp³-hybridized carbons (Fsp3) is 0. The molecule has 1 aliphatic rings. The van der Waals surface area contributed by atoms with Crippen LogP contribution in [-0.4, -0.2) is 11.6 Å². The second-order valence-corrected chi connectivity index (χ2v) is 7.41. The summed E-state index contributed by atoms with van der Waals surface area (Å²) in [6.45, 7) is 0. The van der Waals surface area contributed by atoms with E-state index < -0.39 is 11.6 Å². The number of fused-ring (bicyclic) bond motifs is 5. The fourth-order valence-corrected chi connectivity index (χ4v) is 4.22. The lowest BCUT2D eigenvalue weighted by molar-refractivity contribution is -0.110. The lowest BCUT2D eigenvalue weighted by Gasteiger charge is -2.12. The zero-order valence-corrected chi connectivity index (χ0v) is 14.9. The maximum atomic E-state index is 12.2. The molecule has 0 amide bonds. The van der Waals surface area contributed by atoms with Crippen molar-refractivity contribution in [3.05, 3.63) is 90.0 Å². The predicted molar refractivity (Wildman–Crippen MR) is 115 cm³/mol. The molecule has 6 rings (SSSR count). The molecular weight excluding hydrogens is 344 g/mol. The van der Waals surface area contributed by atoms with Crippen LogP contribution in [0.25, 0.3) is 49.2 Å². The topological polar surface area (TPSA) is 34.1 Å². The number of Topliss-reactive ketones (excluding diaryl/α,β-unsaturated/α-hetero) is 1. The first-order valence-electron chi connectivity index (χ1n) is 9.27. The lowest BCUT2D eigenvalue weighted by atomic mass is 9.90. The molecule has 0 radical (unpaired) electrons. The number of allylic oxidation sites excluding steroid dienone is 1. The Bertz CT molecular complexity index is 1540. The third-order valence-electron chi connectivity index (χ3n) is 5.67. The van der Waals surface area contributed by atoms with Crippen molar-refractivity contribution in [2.75, 3.05) is 0 Å². The van der Waals surface area contributed by atoms with Gasteiger partial charge in [0.05, 0.1) is 0 Å². The zero-order valence-electron chi connectivity index (χ0n) is 14.9. The average Bonchev–Trinajstić information content (AvgIpc) is 2.71. The highest BCUT2D eigenvalue weighted by atomic mass is 16.2. The van der Waals surface area contributed by atoms with Crippen LogP contribution in [0.1, 0.15) is 15.9 Å². The van der Waals surface area contributed by atoms with Crippen molar-refractivity contribution >= 4 is 60.7 Å². The zero-order chi connectivity index (χ0) is 18.8. The molecule has 0 fully saturated rings. The molecule has 0 atom stereocenters. The van der Waals surface area contributed by atoms with Gasteiger partial charge in [0.1, 0.15) is 0 Å². The highest BCUT2D eigenvalue weighted by Crippen LogP contribution is 2.32. The summed E-state index contributed by atoms with van der Waals surface area (Å²) in [7, 11) is 0. The SMILES string of the molecule is O=C1C=Cc2cc3cc4cc5cc6ccccc6cc5cc4cc3cc2C1=O. The van der Waals surface area contributed by atoms with E-state index in [9.17, 15) is 9.59 Å². The molecule has 0 bridgehead atoms. The van der Waals surface area contributed by atoms with Gasteiger partial charge in [0.15, 0.2) is 0 Å². The number of ketones is 2. The minimum absolute atomic E-state index is 0.426. The minimum atomic E-state index is -0.453. The molecular formula is C26H14O2. The van der Waals surface area contributed by atoms with Gasteiger partial charge in [-0.3, -0.25) is 9.59 Å². The summed E-state index contributed by atoms with van der Waals surface area (Å²) in [4.78, 5) is 23.9. The molecule has 0 saturated carbocycles. The summed E-state index contributed by atoms with van der Waals surface area (Å²) < 4.78 is 0. The molecule has 130 valence electrons. The van der Waals surface area contributed by atoms with Crippen LogP contribution in [0.3, 0.4) is 0 Å². The summed E-state index contributed by atoms with van der Waals surface area (Å²) in [5, 5.41) is 9.19. The Labute approximate surface area is 160 Å². The van der Waals surface area contributed by atoms with E-state index in [1.54, 1.807) is 6.08 Å². The van der Waals surface area contributed by atoms with E-state index in [0.29, 0.717) is 5.56 Å². The van der Waals surface area contributed by atoms with Crippen molar-refractivity contribution < 1.29 is 9.59 Å². The highest BCUT2D eigenvalue weighted by Gasteiger charge is 2.21. The first kappa shape index (κ1) is 15.3. The normalized spacial score (nSPS) is 13.7. The van der Waals surface area contributed by atoms with Gasteiger partial charge in [-0.25, -0.2) is 0 Å². The minimum Gasteiger partial charge on any atom is -0.286 e. The van der Waals surface area contributed by atoms with Crippen LogP contribution in [0.5, 0.6) is 0 Å². The Balaban J connectivity index is 1.66. The largest absolute Gasteiger partial charge is 0.286 e. The molecule has 2 nitrogen and oxygen atoms in total. The van der Waals surface area contributed by atoms with Gasteiger partial charge in [0.25, 0.3) is 0 Å². The van der Waals surface area contributed by atoms with Gasteiger partial charge in [0, 0.05) is 5.56 Å². The molecule has 0 unspecified atom stereocenters. The van der Waals surface area contributed by atoms with Gasteiger partial charge in [-0.2, -0.15) is 0 Å². The van der Waals surface area contributed by atoms with Crippen LogP contribution in [0.2, 0.25) is 0 Å². The van der Waals surface area contributed by atoms with Crippen LogP contribution < -0.4 is 0 Å². The Kier molecular flexibility index (Phi) is 2.93. The van der Waals surface area contributed by atoms with Crippen molar-refractivity contribution in [1.82, 2.24) is 0 Å². The van der Waals surface area contributed by atoms with Crippen molar-refractivity contribution in [3.8, 4) is 0 Å². The lowest BCUT2D eigenvalue weighted by Crippen LogP contribution is -2.15. The van der Waals surface area contributed by atoms with E-state index in [0.717, 1.165) is 27.1 Å². The predicted octanol–water partition coefficient (Wildman–Crippen LogP) is 6.08. The molecule has 0 heterocycles. The Morgan fingerprint density at radius 3 is 1.50 bits per heavy atom. The Morgan fingerprint density at radius 1 is 0.464 bits per heavy atom. The van der Waals surface area contributed by atoms with Crippen LogP contribution in [0, 0.1) is 0 Å². The second kappa shape index (κ2) is 5.37. The quantitative estimate of drug-likeness (QED) is 0.248. The maximum absolute atomic E-state index is 12.2. The number of hydrogen-bond donors (Lipinski definition) is 0. The number of carbonyl (C=O) groups is 2. The van der Waals surface area contributed by atoms with Crippen LogP contribution in [0.4, 0.5) is 0 Å². The van der Waals surface area contributed by atoms with Gasteiger partial charge < -0.3 is 0 Å². The fourth-order valence-electron chi connectivity index (χ4n) is 4.22. The molecule has 2 heteroatoms. The maximum Gasteiger partial charge on any atom is 0.233 e. The van der Waals surface area contributed by atoms with E-state index in [2.05, 4.69) is 60.7 Å². The van der Waals surface area contributed by atoms with Crippen LogP contribution in [-0.2, 0) is 4.79 Å². The second-order valence-electron chi connectivity index (χ2n) is 7.41. The molecule has 28 heavy (non-hydrogen) atoms. The molecule has 0 saturated heterocycles. The van der Waals surface area contributed by atoms with Gasteiger partial charge in [-0.05, 0) is 103 Å². The summed E-state index contributed by atoms with van der Waals surface area (Å²) in [6.07, 6.45) is 3.09. The van der Waals surface area contributed by atoms with E-state index in [4.69, 9.17) is 0 Å². The smallest absolute Gasteiger partial charge is 0.233 e. The first-order chi connectivity index (χ1) is 13.7. The summed E-state index contributed by atoms with van der Waals surface area (Å²) in [5.41, 5.74) is 1.30. The first-order valence-corrected chi connectivity index (χ1v) is 9.27. The van der Waals surface area contributed by atoms with Crippen molar-refractivity contribution in [1.29, 1.82) is 0 Å². The molecule has 0 aliphatic heterocycles. The summed E-state index contributed by atoms with van der Waals surface area (Å²) >= 11 is 0.